The summed E-state index contributed by atoms with van der Waals surface area (Å²) in [5.74, 6) is 0.140. The van der Waals surface area contributed by atoms with Gasteiger partial charge in [0.1, 0.15) is 6.33 Å². The Bertz CT molecular complexity index is 682. The van der Waals surface area contributed by atoms with E-state index in [4.69, 9.17) is 4.74 Å². The van der Waals surface area contributed by atoms with Gasteiger partial charge in [0.2, 0.25) is 5.82 Å². The summed E-state index contributed by atoms with van der Waals surface area (Å²) in [4.78, 5) is 18.9. The second-order valence-electron chi connectivity index (χ2n) is 5.65. The zero-order valence-corrected chi connectivity index (χ0v) is 15.1. The Morgan fingerprint density at radius 2 is 2.22 bits per heavy atom. The van der Waals surface area contributed by atoms with E-state index < -0.39 is 0 Å². The number of hydrogen-bond donors (Lipinski definition) is 0. The number of rotatable bonds is 4. The van der Waals surface area contributed by atoms with Gasteiger partial charge in [0.25, 0.3) is 5.91 Å². The topological polar surface area (TPSA) is 60.2 Å². The van der Waals surface area contributed by atoms with E-state index in [0.29, 0.717) is 19.8 Å². The van der Waals surface area contributed by atoms with Crippen molar-refractivity contribution in [2.45, 2.75) is 25.4 Å². The minimum absolute atomic E-state index is 0.114. The average Bonchev–Trinajstić information content (AvgIpc) is 2.99. The van der Waals surface area contributed by atoms with E-state index in [1.54, 1.807) is 18.1 Å². The van der Waals surface area contributed by atoms with Crippen LogP contribution in [0, 0.1) is 3.57 Å². The molecule has 0 spiro atoms. The molecule has 7 heteroatoms. The van der Waals surface area contributed by atoms with Crippen LogP contribution >= 0.6 is 22.6 Å². The van der Waals surface area contributed by atoms with Gasteiger partial charge < -0.3 is 9.64 Å². The normalized spacial score (nSPS) is 15.6. The lowest BCUT2D eigenvalue weighted by molar-refractivity contribution is 0.0260. The van der Waals surface area contributed by atoms with Crippen LogP contribution in [0.2, 0.25) is 0 Å². The highest BCUT2D eigenvalue weighted by Crippen LogP contribution is 2.20. The second kappa shape index (κ2) is 7.39. The number of carbonyl (C=O) groups excluding carboxylic acids is 1. The van der Waals surface area contributed by atoms with E-state index in [9.17, 15) is 4.79 Å². The van der Waals surface area contributed by atoms with Crippen molar-refractivity contribution < 1.29 is 9.53 Å². The van der Waals surface area contributed by atoms with Crippen LogP contribution in [0.1, 0.15) is 29.0 Å². The Morgan fingerprint density at radius 3 is 2.87 bits per heavy atom. The molecule has 1 aliphatic rings. The highest BCUT2D eigenvalue weighted by Gasteiger charge is 2.28. The van der Waals surface area contributed by atoms with Crippen molar-refractivity contribution >= 4 is 28.5 Å². The third-order valence-corrected chi connectivity index (χ3v) is 4.60. The summed E-state index contributed by atoms with van der Waals surface area (Å²) in [7, 11) is 1.77. The molecule has 2 aromatic rings. The Labute approximate surface area is 149 Å². The third kappa shape index (κ3) is 4.08. The summed E-state index contributed by atoms with van der Waals surface area (Å²) in [5, 5.41) is 4.17. The first-order valence-electron chi connectivity index (χ1n) is 7.62. The van der Waals surface area contributed by atoms with Crippen LogP contribution in [-0.4, -0.2) is 44.8 Å². The Morgan fingerprint density at radius 1 is 1.43 bits per heavy atom. The maximum Gasteiger partial charge on any atom is 0.294 e. The standard InChI is InChI=1S/C16H19IN4O2/c1-20-11-18-15(19-20)16(22)21(14-5-7-23-8-6-14)10-12-3-2-4-13(17)9-12/h2-4,9,11,14H,5-8,10H2,1H3. The first kappa shape index (κ1) is 16.4. The van der Waals surface area contributed by atoms with E-state index in [0.717, 1.165) is 22.0 Å². The molecule has 0 aliphatic carbocycles. The molecule has 1 aromatic carbocycles. The van der Waals surface area contributed by atoms with Crippen LogP contribution in [0.25, 0.3) is 0 Å². The molecule has 0 unspecified atom stereocenters. The SMILES string of the molecule is Cn1cnc(C(=O)N(Cc2cccc(I)c2)C2CCOCC2)n1. The number of ether oxygens (including phenoxy) is 1. The molecular formula is C16H19IN4O2. The molecular weight excluding hydrogens is 407 g/mol. The highest BCUT2D eigenvalue weighted by atomic mass is 127. The van der Waals surface area contributed by atoms with Crippen LogP contribution in [0.15, 0.2) is 30.6 Å². The molecule has 122 valence electrons. The van der Waals surface area contributed by atoms with Gasteiger partial charge in [-0.05, 0) is 53.1 Å². The molecule has 6 nitrogen and oxygen atoms in total. The van der Waals surface area contributed by atoms with Crippen LogP contribution in [0.4, 0.5) is 0 Å². The molecule has 0 radical (unpaired) electrons. The number of aromatic nitrogens is 3. The fraction of sp³-hybridized carbons (Fsp3) is 0.438. The van der Waals surface area contributed by atoms with Crippen LogP contribution in [-0.2, 0) is 18.3 Å². The zero-order valence-electron chi connectivity index (χ0n) is 13.0. The quantitative estimate of drug-likeness (QED) is 0.704. The molecule has 3 rings (SSSR count). The monoisotopic (exact) mass is 426 g/mol. The van der Waals surface area contributed by atoms with Gasteiger partial charge in [-0.3, -0.25) is 9.48 Å². The molecule has 0 bridgehead atoms. The number of nitrogens with zero attached hydrogens (tertiary/aromatic N) is 4. The third-order valence-electron chi connectivity index (χ3n) is 3.93. The lowest BCUT2D eigenvalue weighted by atomic mass is 10.1. The van der Waals surface area contributed by atoms with Crippen molar-refractivity contribution in [3.63, 3.8) is 0 Å². The first-order chi connectivity index (χ1) is 11.1. The Hall–Kier alpha value is -1.48. The van der Waals surface area contributed by atoms with Crippen LogP contribution < -0.4 is 0 Å². The molecule has 0 saturated carbocycles. The minimum atomic E-state index is -0.114. The number of halogens is 1. The predicted molar refractivity (Wildman–Crippen MR) is 93.9 cm³/mol. The predicted octanol–water partition coefficient (Wildman–Crippen LogP) is 2.24. The van der Waals surface area contributed by atoms with Gasteiger partial charge in [-0.1, -0.05) is 12.1 Å². The molecule has 0 N–H and O–H groups in total. The number of aryl methyl sites for hydroxylation is 1. The van der Waals surface area contributed by atoms with E-state index in [-0.39, 0.29) is 17.8 Å². The molecule has 0 atom stereocenters. The summed E-state index contributed by atoms with van der Waals surface area (Å²) >= 11 is 2.29. The van der Waals surface area contributed by atoms with Crippen molar-refractivity contribution in [2.24, 2.45) is 7.05 Å². The van der Waals surface area contributed by atoms with Gasteiger partial charge in [-0.15, -0.1) is 5.10 Å². The van der Waals surface area contributed by atoms with Crippen molar-refractivity contribution in [1.82, 2.24) is 19.7 Å². The molecule has 1 aliphatic heterocycles. The average molecular weight is 426 g/mol. The van der Waals surface area contributed by atoms with Gasteiger partial charge in [-0.2, -0.15) is 0 Å². The summed E-state index contributed by atoms with van der Waals surface area (Å²) in [6.45, 7) is 1.95. The van der Waals surface area contributed by atoms with Gasteiger partial charge in [-0.25, -0.2) is 4.98 Å². The van der Waals surface area contributed by atoms with Gasteiger partial charge in [0.05, 0.1) is 0 Å². The number of amides is 1. The number of carbonyl (C=O) groups is 1. The maximum atomic E-state index is 12.9. The summed E-state index contributed by atoms with van der Waals surface area (Å²) in [5.41, 5.74) is 1.12. The number of benzene rings is 1. The fourth-order valence-corrected chi connectivity index (χ4v) is 3.37. The van der Waals surface area contributed by atoms with Crippen molar-refractivity contribution in [3.05, 3.63) is 45.6 Å². The lowest BCUT2D eigenvalue weighted by Gasteiger charge is -2.33. The van der Waals surface area contributed by atoms with Crippen molar-refractivity contribution in [1.29, 1.82) is 0 Å². The maximum absolute atomic E-state index is 12.9. The smallest absolute Gasteiger partial charge is 0.294 e. The molecule has 1 saturated heterocycles. The summed E-state index contributed by atoms with van der Waals surface area (Å²) in [6.07, 6.45) is 3.26. The molecule has 1 aromatic heterocycles. The minimum Gasteiger partial charge on any atom is -0.381 e. The van der Waals surface area contributed by atoms with E-state index in [1.807, 2.05) is 23.1 Å². The lowest BCUT2D eigenvalue weighted by Crippen LogP contribution is -2.43. The largest absolute Gasteiger partial charge is 0.381 e. The molecule has 2 heterocycles. The molecule has 1 amide bonds. The Kier molecular flexibility index (Phi) is 5.27. The van der Waals surface area contributed by atoms with E-state index in [1.165, 1.54) is 0 Å². The summed E-state index contributed by atoms with van der Waals surface area (Å²) in [6, 6.07) is 8.38. The fourth-order valence-electron chi connectivity index (χ4n) is 2.76. The number of hydrogen-bond acceptors (Lipinski definition) is 4. The van der Waals surface area contributed by atoms with Gasteiger partial charge >= 0.3 is 0 Å². The molecule has 1 fully saturated rings. The molecule has 23 heavy (non-hydrogen) atoms. The summed E-state index contributed by atoms with van der Waals surface area (Å²) < 4.78 is 8.15. The zero-order chi connectivity index (χ0) is 16.2. The van der Waals surface area contributed by atoms with E-state index >= 15 is 0 Å². The van der Waals surface area contributed by atoms with E-state index in [2.05, 4.69) is 38.7 Å². The van der Waals surface area contributed by atoms with Crippen molar-refractivity contribution in [3.8, 4) is 0 Å². The van der Waals surface area contributed by atoms with Gasteiger partial charge in [0.15, 0.2) is 0 Å². The second-order valence-corrected chi connectivity index (χ2v) is 6.89. The van der Waals surface area contributed by atoms with Crippen molar-refractivity contribution in [2.75, 3.05) is 13.2 Å². The Balaban J connectivity index is 1.85. The van der Waals surface area contributed by atoms with Gasteiger partial charge in [0, 0.05) is 36.4 Å². The highest BCUT2D eigenvalue weighted by molar-refractivity contribution is 14.1. The van der Waals surface area contributed by atoms with Crippen LogP contribution in [0.3, 0.4) is 0 Å². The first-order valence-corrected chi connectivity index (χ1v) is 8.70. The van der Waals surface area contributed by atoms with Crippen LogP contribution in [0.5, 0.6) is 0 Å².